The molecule has 1 aliphatic rings. The summed E-state index contributed by atoms with van der Waals surface area (Å²) in [6.07, 6.45) is 3.59. The Bertz CT molecular complexity index is 1320. The molecule has 162 valence electrons. The number of nitrogens with zero attached hydrogens (tertiary/aromatic N) is 5. The van der Waals surface area contributed by atoms with Crippen molar-refractivity contribution in [2.75, 3.05) is 36.4 Å². The molecule has 32 heavy (non-hydrogen) atoms. The van der Waals surface area contributed by atoms with Crippen LogP contribution in [0, 0.1) is 6.92 Å². The molecular formula is C23H22BrN7O. The van der Waals surface area contributed by atoms with Crippen LogP contribution < -0.4 is 21.1 Å². The molecule has 9 heteroatoms. The fourth-order valence-electron chi connectivity index (χ4n) is 3.84. The molecule has 1 aliphatic heterocycles. The second kappa shape index (κ2) is 8.68. The van der Waals surface area contributed by atoms with Crippen molar-refractivity contribution in [2.24, 2.45) is 0 Å². The first-order valence-electron chi connectivity index (χ1n) is 10.4. The van der Waals surface area contributed by atoms with E-state index in [0.717, 1.165) is 48.5 Å². The highest BCUT2D eigenvalue weighted by Gasteiger charge is 2.16. The van der Waals surface area contributed by atoms with Crippen LogP contribution in [-0.4, -0.2) is 45.7 Å². The van der Waals surface area contributed by atoms with E-state index in [1.807, 2.05) is 55.6 Å². The van der Waals surface area contributed by atoms with Crippen LogP contribution in [0.15, 0.2) is 64.1 Å². The highest BCUT2D eigenvalue weighted by molar-refractivity contribution is 9.10. The smallest absolute Gasteiger partial charge is 0.271 e. The largest absolute Gasteiger partial charge is 0.368 e. The van der Waals surface area contributed by atoms with Crippen molar-refractivity contribution in [1.82, 2.24) is 24.8 Å². The van der Waals surface area contributed by atoms with Gasteiger partial charge in [-0.1, -0.05) is 18.2 Å². The van der Waals surface area contributed by atoms with Crippen molar-refractivity contribution in [2.45, 2.75) is 6.92 Å². The van der Waals surface area contributed by atoms with E-state index in [1.165, 1.54) is 0 Å². The van der Waals surface area contributed by atoms with Crippen molar-refractivity contribution in [3.8, 4) is 5.69 Å². The molecule has 2 N–H and O–H groups in total. The van der Waals surface area contributed by atoms with Gasteiger partial charge in [0.25, 0.3) is 5.56 Å². The van der Waals surface area contributed by atoms with Crippen LogP contribution in [-0.2, 0) is 0 Å². The van der Waals surface area contributed by atoms with E-state index in [4.69, 9.17) is 0 Å². The summed E-state index contributed by atoms with van der Waals surface area (Å²) in [5, 5.41) is 7.32. The van der Waals surface area contributed by atoms with Crippen LogP contribution in [0.1, 0.15) is 5.56 Å². The Morgan fingerprint density at radius 1 is 1.00 bits per heavy atom. The van der Waals surface area contributed by atoms with Gasteiger partial charge in [0.15, 0.2) is 5.65 Å². The first-order valence-corrected chi connectivity index (χ1v) is 11.2. The quantitative estimate of drug-likeness (QED) is 0.452. The molecule has 3 aromatic heterocycles. The maximum Gasteiger partial charge on any atom is 0.271 e. The zero-order valence-electron chi connectivity index (χ0n) is 17.5. The molecule has 0 spiro atoms. The van der Waals surface area contributed by atoms with Gasteiger partial charge in [-0.25, -0.2) is 9.97 Å². The molecule has 0 aliphatic carbocycles. The van der Waals surface area contributed by atoms with Gasteiger partial charge in [-0.2, -0.15) is 4.98 Å². The SMILES string of the molecule is Cc1c(Br)c(=O)n(-c2ccccc2)c2nc(Nc3ccc(N4CCNCC4)cn3)ncc12. The number of benzene rings is 1. The summed E-state index contributed by atoms with van der Waals surface area (Å²) in [5.41, 5.74) is 3.02. The highest BCUT2D eigenvalue weighted by atomic mass is 79.9. The van der Waals surface area contributed by atoms with Gasteiger partial charge in [0.2, 0.25) is 5.95 Å². The minimum atomic E-state index is -0.163. The predicted octanol–water partition coefficient (Wildman–Crippen LogP) is 3.40. The van der Waals surface area contributed by atoms with Crippen molar-refractivity contribution in [1.29, 1.82) is 0 Å². The molecule has 1 aromatic carbocycles. The number of aromatic nitrogens is 4. The topological polar surface area (TPSA) is 88.0 Å². The van der Waals surface area contributed by atoms with Gasteiger partial charge in [0, 0.05) is 37.8 Å². The second-order valence-electron chi connectivity index (χ2n) is 7.61. The number of hydrogen-bond donors (Lipinski definition) is 2. The van der Waals surface area contributed by atoms with E-state index in [2.05, 4.69) is 46.4 Å². The number of nitrogens with one attached hydrogen (secondary N) is 2. The van der Waals surface area contributed by atoms with Crippen LogP contribution in [0.4, 0.5) is 17.5 Å². The lowest BCUT2D eigenvalue weighted by atomic mass is 10.2. The van der Waals surface area contributed by atoms with E-state index in [9.17, 15) is 4.79 Å². The molecule has 1 saturated heterocycles. The minimum Gasteiger partial charge on any atom is -0.368 e. The summed E-state index contributed by atoms with van der Waals surface area (Å²) in [6, 6.07) is 13.4. The number of aryl methyl sites for hydroxylation is 1. The fraction of sp³-hybridized carbons (Fsp3) is 0.217. The van der Waals surface area contributed by atoms with Gasteiger partial charge in [-0.3, -0.25) is 9.36 Å². The Morgan fingerprint density at radius 3 is 2.50 bits per heavy atom. The number of hydrogen-bond acceptors (Lipinski definition) is 7. The minimum absolute atomic E-state index is 0.163. The van der Waals surface area contributed by atoms with Crippen LogP contribution >= 0.6 is 15.9 Å². The van der Waals surface area contributed by atoms with Gasteiger partial charge < -0.3 is 15.5 Å². The fourth-order valence-corrected chi connectivity index (χ4v) is 4.23. The lowest BCUT2D eigenvalue weighted by Crippen LogP contribution is -2.43. The maximum absolute atomic E-state index is 13.1. The number of pyridine rings is 2. The molecule has 5 rings (SSSR count). The predicted molar refractivity (Wildman–Crippen MR) is 130 cm³/mol. The number of piperazine rings is 1. The van der Waals surface area contributed by atoms with Gasteiger partial charge >= 0.3 is 0 Å². The van der Waals surface area contributed by atoms with Gasteiger partial charge in [-0.15, -0.1) is 0 Å². The molecule has 0 unspecified atom stereocenters. The van der Waals surface area contributed by atoms with Crippen molar-refractivity contribution >= 4 is 44.4 Å². The van der Waals surface area contributed by atoms with Crippen molar-refractivity contribution < 1.29 is 0 Å². The maximum atomic E-state index is 13.1. The molecule has 1 fully saturated rings. The summed E-state index contributed by atoms with van der Waals surface area (Å²) in [6.45, 7) is 5.77. The molecule has 0 bridgehead atoms. The summed E-state index contributed by atoms with van der Waals surface area (Å²) in [7, 11) is 0. The Balaban J connectivity index is 1.52. The average molecular weight is 492 g/mol. The van der Waals surface area contributed by atoms with Gasteiger partial charge in [0.1, 0.15) is 5.82 Å². The average Bonchev–Trinajstić information content (AvgIpc) is 2.84. The first kappa shape index (κ1) is 20.6. The van der Waals surface area contributed by atoms with Gasteiger partial charge in [0.05, 0.1) is 22.0 Å². The molecule has 4 aromatic rings. The Kier molecular flexibility index (Phi) is 5.59. The summed E-state index contributed by atoms with van der Waals surface area (Å²) in [4.78, 5) is 29.1. The summed E-state index contributed by atoms with van der Waals surface area (Å²) in [5.74, 6) is 1.02. The highest BCUT2D eigenvalue weighted by Crippen LogP contribution is 2.25. The Hall–Kier alpha value is -3.30. The molecule has 4 heterocycles. The van der Waals surface area contributed by atoms with Crippen molar-refractivity contribution in [3.63, 3.8) is 0 Å². The third-order valence-corrected chi connectivity index (χ3v) is 6.52. The van der Waals surface area contributed by atoms with E-state index >= 15 is 0 Å². The van der Waals surface area contributed by atoms with E-state index < -0.39 is 0 Å². The van der Waals surface area contributed by atoms with Gasteiger partial charge in [-0.05, 0) is 52.7 Å². The molecule has 0 atom stereocenters. The molecule has 0 radical (unpaired) electrons. The number of rotatable bonds is 4. The van der Waals surface area contributed by atoms with Crippen LogP contribution in [0.2, 0.25) is 0 Å². The number of para-hydroxylation sites is 1. The lowest BCUT2D eigenvalue weighted by Gasteiger charge is -2.29. The standard InChI is InChI=1S/C23H22BrN7O/c1-15-18-14-27-23(28-19-8-7-17(13-26-19)30-11-9-25-10-12-30)29-21(18)31(22(32)20(15)24)16-5-3-2-4-6-16/h2-8,13-14,25H,9-12H2,1H3,(H,26,27,28,29). The normalized spacial score (nSPS) is 14.0. The molecule has 8 nitrogen and oxygen atoms in total. The third kappa shape index (κ3) is 3.85. The number of anilines is 3. The van der Waals surface area contributed by atoms with Crippen molar-refractivity contribution in [3.05, 3.63) is 75.2 Å². The Labute approximate surface area is 193 Å². The zero-order chi connectivity index (χ0) is 22.1. The summed E-state index contributed by atoms with van der Waals surface area (Å²) < 4.78 is 2.10. The first-order chi connectivity index (χ1) is 15.6. The van der Waals surface area contributed by atoms with Crippen LogP contribution in [0.3, 0.4) is 0 Å². The molecule has 0 saturated carbocycles. The summed E-state index contributed by atoms with van der Waals surface area (Å²) >= 11 is 3.44. The molecular weight excluding hydrogens is 470 g/mol. The van der Waals surface area contributed by atoms with E-state index in [1.54, 1.807) is 10.8 Å². The molecule has 0 amide bonds. The number of halogens is 1. The number of fused-ring (bicyclic) bond motifs is 1. The van der Waals surface area contributed by atoms with E-state index in [-0.39, 0.29) is 5.56 Å². The van der Waals surface area contributed by atoms with Crippen LogP contribution in [0.5, 0.6) is 0 Å². The monoisotopic (exact) mass is 491 g/mol. The van der Waals surface area contributed by atoms with E-state index in [0.29, 0.717) is 21.9 Å². The third-order valence-electron chi connectivity index (χ3n) is 5.59. The second-order valence-corrected chi connectivity index (χ2v) is 8.40. The van der Waals surface area contributed by atoms with Crippen LogP contribution in [0.25, 0.3) is 16.7 Å². The lowest BCUT2D eigenvalue weighted by molar-refractivity contribution is 0.589. The zero-order valence-corrected chi connectivity index (χ0v) is 19.1. The Morgan fingerprint density at radius 2 is 1.78 bits per heavy atom.